The highest BCUT2D eigenvalue weighted by atomic mass is 16.5. The second kappa shape index (κ2) is 4.18. The highest BCUT2D eigenvalue weighted by Gasteiger charge is 2.14. The Labute approximate surface area is 103 Å². The van der Waals surface area contributed by atoms with Crippen molar-refractivity contribution in [1.82, 2.24) is 14.4 Å². The number of imidazole rings is 1. The molecule has 0 spiro atoms. The number of allylic oxidation sites excluding steroid dienone is 3. The number of aromatic amines is 1. The van der Waals surface area contributed by atoms with Gasteiger partial charge in [0.2, 0.25) is 0 Å². The Morgan fingerprint density at radius 2 is 2.44 bits per heavy atom. The van der Waals surface area contributed by atoms with Crippen LogP contribution in [0.2, 0.25) is 0 Å². The first-order valence-electron chi connectivity index (χ1n) is 5.75. The van der Waals surface area contributed by atoms with E-state index in [0.29, 0.717) is 5.52 Å². The third-order valence-corrected chi connectivity index (χ3v) is 3.11. The molecule has 1 atom stereocenters. The summed E-state index contributed by atoms with van der Waals surface area (Å²) in [5.74, 6) is 0.947. The van der Waals surface area contributed by atoms with Crippen molar-refractivity contribution < 1.29 is 4.74 Å². The van der Waals surface area contributed by atoms with Crippen molar-refractivity contribution in [3.63, 3.8) is 0 Å². The van der Waals surface area contributed by atoms with Gasteiger partial charge in [-0.15, -0.1) is 0 Å². The lowest BCUT2D eigenvalue weighted by Gasteiger charge is -2.16. The molecule has 1 N–H and O–H groups in total. The number of ether oxygens (including phenoxy) is 1. The van der Waals surface area contributed by atoms with E-state index in [0.717, 1.165) is 17.9 Å². The molecular weight excluding hydrogens is 230 g/mol. The monoisotopic (exact) mass is 243 g/mol. The summed E-state index contributed by atoms with van der Waals surface area (Å²) in [5.41, 5.74) is 1.30. The molecule has 2 heterocycles. The molecule has 0 aromatic carbocycles. The zero-order valence-electron chi connectivity index (χ0n) is 9.96. The van der Waals surface area contributed by atoms with Crippen molar-refractivity contribution in [3.05, 3.63) is 58.8 Å². The van der Waals surface area contributed by atoms with Crippen molar-refractivity contribution in [1.29, 1.82) is 0 Å². The van der Waals surface area contributed by atoms with Gasteiger partial charge < -0.3 is 9.72 Å². The maximum absolute atomic E-state index is 11.9. The molecule has 1 aliphatic rings. The Kier molecular flexibility index (Phi) is 2.51. The minimum absolute atomic E-state index is 0.119. The van der Waals surface area contributed by atoms with Crippen molar-refractivity contribution in [2.75, 3.05) is 7.11 Å². The summed E-state index contributed by atoms with van der Waals surface area (Å²) in [5, 5.41) is 0. The Balaban J connectivity index is 2.07. The van der Waals surface area contributed by atoms with E-state index in [2.05, 4.69) is 9.97 Å². The number of hydrogen-bond acceptors (Lipinski definition) is 3. The Bertz CT molecular complexity index is 694. The van der Waals surface area contributed by atoms with Gasteiger partial charge in [0.25, 0.3) is 5.56 Å². The van der Waals surface area contributed by atoms with E-state index < -0.39 is 0 Å². The molecule has 3 rings (SSSR count). The lowest BCUT2D eigenvalue weighted by molar-refractivity contribution is 0.302. The zero-order valence-corrected chi connectivity index (χ0v) is 9.96. The summed E-state index contributed by atoms with van der Waals surface area (Å²) >= 11 is 0. The number of fused-ring (bicyclic) bond motifs is 1. The van der Waals surface area contributed by atoms with Gasteiger partial charge in [-0.1, -0.05) is 6.08 Å². The van der Waals surface area contributed by atoms with Gasteiger partial charge in [-0.2, -0.15) is 0 Å². The Morgan fingerprint density at radius 3 is 3.28 bits per heavy atom. The molecule has 0 amide bonds. The minimum atomic E-state index is -0.119. The highest BCUT2D eigenvalue weighted by molar-refractivity contribution is 5.42. The summed E-state index contributed by atoms with van der Waals surface area (Å²) in [6.45, 7) is 0. The van der Waals surface area contributed by atoms with Crippen molar-refractivity contribution in [2.45, 2.75) is 12.3 Å². The predicted octanol–water partition coefficient (Wildman–Crippen LogP) is 1.60. The quantitative estimate of drug-likeness (QED) is 0.871. The average Bonchev–Trinajstić information content (AvgIpc) is 2.87. The summed E-state index contributed by atoms with van der Waals surface area (Å²) in [6.07, 6.45) is 11.9. The van der Waals surface area contributed by atoms with Crippen LogP contribution >= 0.6 is 0 Å². The van der Waals surface area contributed by atoms with E-state index in [1.165, 1.54) is 0 Å². The molecule has 1 aliphatic carbocycles. The molecule has 5 heteroatoms. The molecule has 5 nitrogen and oxygen atoms in total. The second-order valence-electron chi connectivity index (χ2n) is 4.24. The van der Waals surface area contributed by atoms with Crippen molar-refractivity contribution in [3.8, 4) is 0 Å². The van der Waals surface area contributed by atoms with Crippen LogP contribution in [0.3, 0.4) is 0 Å². The molecule has 2 aromatic rings. The topological polar surface area (TPSA) is 59.4 Å². The number of nitrogens with zero attached hydrogens (tertiary/aromatic N) is 2. The SMILES string of the molecule is COC1=CC(c2cn3cncc3c(=O)[nH]2)CC=C1. The first-order chi connectivity index (χ1) is 8.78. The van der Waals surface area contributed by atoms with Crippen molar-refractivity contribution in [2.24, 2.45) is 0 Å². The van der Waals surface area contributed by atoms with Crippen LogP contribution in [0.1, 0.15) is 18.0 Å². The van der Waals surface area contributed by atoms with E-state index in [4.69, 9.17) is 4.74 Å². The molecule has 0 radical (unpaired) electrons. The Hall–Kier alpha value is -2.30. The van der Waals surface area contributed by atoms with Gasteiger partial charge in [0, 0.05) is 17.8 Å². The normalized spacial score (nSPS) is 18.9. The molecule has 0 fully saturated rings. The van der Waals surface area contributed by atoms with Gasteiger partial charge in [-0.3, -0.25) is 9.20 Å². The third-order valence-electron chi connectivity index (χ3n) is 3.11. The van der Waals surface area contributed by atoms with Gasteiger partial charge in [0.05, 0.1) is 19.6 Å². The van der Waals surface area contributed by atoms with Gasteiger partial charge in [0.1, 0.15) is 11.3 Å². The summed E-state index contributed by atoms with van der Waals surface area (Å²) in [4.78, 5) is 18.7. The van der Waals surface area contributed by atoms with E-state index in [9.17, 15) is 4.79 Å². The number of methoxy groups -OCH3 is 1. The minimum Gasteiger partial charge on any atom is -0.497 e. The standard InChI is InChI=1S/C13H13N3O2/c1-18-10-4-2-3-9(5-10)11-7-16-8-14-6-12(16)13(17)15-11/h2,4-9H,3H2,1H3,(H,15,17). The van der Waals surface area contributed by atoms with E-state index in [-0.39, 0.29) is 11.5 Å². The number of aromatic nitrogens is 3. The second-order valence-corrected chi connectivity index (χ2v) is 4.24. The molecule has 92 valence electrons. The van der Waals surface area contributed by atoms with Crippen molar-refractivity contribution >= 4 is 5.52 Å². The molecule has 0 bridgehead atoms. The number of nitrogens with one attached hydrogen (secondary N) is 1. The molecule has 18 heavy (non-hydrogen) atoms. The van der Waals surface area contributed by atoms with Gasteiger partial charge >= 0.3 is 0 Å². The number of hydrogen-bond donors (Lipinski definition) is 1. The molecule has 2 aromatic heterocycles. The van der Waals surface area contributed by atoms with Crippen LogP contribution in [0, 0.1) is 0 Å². The summed E-state index contributed by atoms with van der Waals surface area (Å²) < 4.78 is 6.95. The lowest BCUT2D eigenvalue weighted by atomic mass is 9.97. The molecule has 0 aliphatic heterocycles. The van der Waals surface area contributed by atoms with Crippen LogP contribution in [-0.4, -0.2) is 21.5 Å². The summed E-state index contributed by atoms with van der Waals surface area (Å²) in [7, 11) is 1.64. The highest BCUT2D eigenvalue weighted by Crippen LogP contribution is 2.25. The van der Waals surface area contributed by atoms with Crippen LogP contribution in [0.4, 0.5) is 0 Å². The average molecular weight is 243 g/mol. The van der Waals surface area contributed by atoms with Crippen LogP contribution in [0.5, 0.6) is 0 Å². The lowest BCUT2D eigenvalue weighted by Crippen LogP contribution is -2.14. The molecule has 0 saturated heterocycles. The molecule has 1 unspecified atom stereocenters. The maximum atomic E-state index is 11.9. The van der Waals surface area contributed by atoms with Crippen LogP contribution in [-0.2, 0) is 4.74 Å². The van der Waals surface area contributed by atoms with Gasteiger partial charge in [-0.25, -0.2) is 4.98 Å². The largest absolute Gasteiger partial charge is 0.497 e. The number of rotatable bonds is 2. The van der Waals surface area contributed by atoms with Crippen LogP contribution in [0.25, 0.3) is 5.52 Å². The number of H-pyrrole nitrogens is 1. The van der Waals surface area contributed by atoms with Gasteiger partial charge in [0.15, 0.2) is 0 Å². The van der Waals surface area contributed by atoms with E-state index in [1.807, 2.05) is 24.4 Å². The third kappa shape index (κ3) is 1.73. The van der Waals surface area contributed by atoms with E-state index in [1.54, 1.807) is 24.0 Å². The van der Waals surface area contributed by atoms with Gasteiger partial charge in [-0.05, 0) is 18.6 Å². The first kappa shape index (κ1) is 10.8. The fraction of sp³-hybridized carbons (Fsp3) is 0.231. The van der Waals surface area contributed by atoms with Crippen LogP contribution in [0.15, 0.2) is 47.5 Å². The predicted molar refractivity (Wildman–Crippen MR) is 67.4 cm³/mol. The zero-order chi connectivity index (χ0) is 12.5. The fourth-order valence-electron chi connectivity index (χ4n) is 2.15. The van der Waals surface area contributed by atoms with E-state index >= 15 is 0 Å². The molecular formula is C13H13N3O2. The summed E-state index contributed by atoms with van der Waals surface area (Å²) in [6, 6.07) is 0. The molecule has 0 saturated carbocycles. The fourth-order valence-corrected chi connectivity index (χ4v) is 2.15. The Morgan fingerprint density at radius 1 is 1.56 bits per heavy atom. The smallest absolute Gasteiger partial charge is 0.274 e. The van der Waals surface area contributed by atoms with Crippen LogP contribution < -0.4 is 5.56 Å². The maximum Gasteiger partial charge on any atom is 0.274 e. The first-order valence-corrected chi connectivity index (χ1v) is 5.75.